The van der Waals surface area contributed by atoms with Crippen molar-refractivity contribution in [1.82, 2.24) is 9.13 Å². The van der Waals surface area contributed by atoms with E-state index >= 15 is 0 Å². The first kappa shape index (κ1) is 43.1. The van der Waals surface area contributed by atoms with E-state index in [4.69, 9.17) is 0 Å². The summed E-state index contributed by atoms with van der Waals surface area (Å²) in [6.07, 6.45) is 0. The van der Waals surface area contributed by atoms with Gasteiger partial charge in [0.25, 0.3) is 6.71 Å². The van der Waals surface area contributed by atoms with Crippen LogP contribution in [0, 0.1) is 17.9 Å². The lowest BCUT2D eigenvalue weighted by atomic mass is 9.34. The molecule has 2 aromatic heterocycles. The van der Waals surface area contributed by atoms with Gasteiger partial charge in [0, 0.05) is 78.1 Å². The summed E-state index contributed by atoms with van der Waals surface area (Å²) in [5.41, 5.74) is 18.0. The van der Waals surface area contributed by atoms with E-state index in [2.05, 4.69) is 265 Å². The number of fused-ring (bicyclic) bond motifs is 10. The van der Waals surface area contributed by atoms with Crippen LogP contribution in [0.4, 0.5) is 56.9 Å². The van der Waals surface area contributed by atoms with Crippen LogP contribution in [-0.2, 0) is 0 Å². The molecule has 0 spiro atoms. The number of aromatic nitrogens is 2. The van der Waals surface area contributed by atoms with Gasteiger partial charge in [0.1, 0.15) is 6.07 Å². The van der Waals surface area contributed by atoms with Crippen molar-refractivity contribution in [3.05, 3.63) is 272 Å². The number of rotatable bonds is 9. The average Bonchev–Trinajstić information content (AvgIpc) is 4.13. The molecule has 0 radical (unpaired) electrons. The third-order valence-electron chi connectivity index (χ3n) is 15.5. The van der Waals surface area contributed by atoms with E-state index < -0.39 is 0 Å². The number of hydrogen-bond donors (Lipinski definition) is 0. The normalized spacial score (nSPS) is 11.9. The van der Waals surface area contributed by atoms with Gasteiger partial charge in [-0.2, -0.15) is 5.26 Å². The predicted octanol–water partition coefficient (Wildman–Crippen LogP) is 15.9. The molecule has 15 rings (SSSR count). The zero-order chi connectivity index (χ0) is 50.4. The van der Waals surface area contributed by atoms with Crippen molar-refractivity contribution in [2.45, 2.75) is 0 Å². The molecule has 76 heavy (non-hydrogen) atoms. The molecular formula is C68H42BN7. The van der Waals surface area contributed by atoms with E-state index in [1.807, 2.05) is 24.3 Å². The summed E-state index contributed by atoms with van der Waals surface area (Å²) in [6.45, 7) is 9.28. The second-order valence-corrected chi connectivity index (χ2v) is 19.4. The largest absolute Gasteiger partial charge is 0.320 e. The molecule has 4 heterocycles. The van der Waals surface area contributed by atoms with E-state index in [0.29, 0.717) is 16.9 Å². The molecule has 13 aromatic rings. The highest BCUT2D eigenvalue weighted by Gasteiger charge is 2.45. The molecular weight excluding hydrogens is 926 g/mol. The lowest BCUT2D eigenvalue weighted by Gasteiger charge is -2.38. The van der Waals surface area contributed by atoms with E-state index in [-0.39, 0.29) is 6.71 Å². The number of para-hydroxylation sites is 8. The van der Waals surface area contributed by atoms with Gasteiger partial charge in [-0.05, 0) is 126 Å². The molecule has 0 unspecified atom stereocenters. The topological polar surface area (TPSA) is 47.7 Å². The minimum atomic E-state index is -0.261. The van der Waals surface area contributed by atoms with Gasteiger partial charge >= 0.3 is 0 Å². The summed E-state index contributed by atoms with van der Waals surface area (Å²) in [7, 11) is 0. The lowest BCUT2D eigenvalue weighted by Crippen LogP contribution is -2.59. The second-order valence-electron chi connectivity index (χ2n) is 19.4. The number of hydrogen-bond acceptors (Lipinski definition) is 4. The van der Waals surface area contributed by atoms with Crippen LogP contribution in [0.25, 0.3) is 59.8 Å². The Labute approximate surface area is 439 Å². The molecule has 11 aromatic carbocycles. The van der Waals surface area contributed by atoms with Crippen molar-refractivity contribution in [3.63, 3.8) is 0 Å². The molecule has 0 atom stereocenters. The highest BCUT2D eigenvalue weighted by atomic mass is 15.2. The molecule has 0 bridgehead atoms. The maximum Gasteiger partial charge on any atom is 0.250 e. The van der Waals surface area contributed by atoms with Gasteiger partial charge in [0.15, 0.2) is 0 Å². The molecule has 0 saturated carbocycles. The maximum atomic E-state index is 12.2. The zero-order valence-corrected chi connectivity index (χ0v) is 41.0. The van der Waals surface area contributed by atoms with E-state index in [1.165, 1.54) is 0 Å². The fraction of sp³-hybridized carbons (Fsp3) is 0. The summed E-state index contributed by atoms with van der Waals surface area (Å²) in [4.78, 5) is 11.3. The molecule has 352 valence electrons. The third kappa shape index (κ3) is 6.22. The molecule has 0 amide bonds. The van der Waals surface area contributed by atoms with Crippen molar-refractivity contribution in [3.8, 4) is 17.4 Å². The Bertz CT molecular complexity index is 4170. The maximum absolute atomic E-state index is 12.2. The summed E-state index contributed by atoms with van der Waals surface area (Å²) in [6, 6.07) is 91.8. The minimum Gasteiger partial charge on any atom is -0.320 e. The van der Waals surface area contributed by atoms with Gasteiger partial charge in [0.2, 0.25) is 5.69 Å². The fourth-order valence-electron chi connectivity index (χ4n) is 12.5. The van der Waals surface area contributed by atoms with Crippen LogP contribution in [-0.4, -0.2) is 15.8 Å². The van der Waals surface area contributed by atoms with Crippen molar-refractivity contribution in [2.24, 2.45) is 0 Å². The molecule has 0 aliphatic carbocycles. The van der Waals surface area contributed by atoms with E-state index in [9.17, 15) is 11.8 Å². The van der Waals surface area contributed by atoms with Gasteiger partial charge in [-0.1, -0.05) is 146 Å². The van der Waals surface area contributed by atoms with Crippen molar-refractivity contribution >= 4 is 124 Å². The Hall–Kier alpha value is -10.5. The van der Waals surface area contributed by atoms with Gasteiger partial charge < -0.3 is 23.8 Å². The summed E-state index contributed by atoms with van der Waals surface area (Å²) < 4.78 is 4.67. The molecule has 2 aliphatic rings. The Morgan fingerprint density at radius 3 is 1.11 bits per heavy atom. The first-order valence-corrected chi connectivity index (χ1v) is 25.6. The van der Waals surface area contributed by atoms with Crippen LogP contribution in [0.3, 0.4) is 0 Å². The SMILES string of the molecule is [C-]#[N+]c1c(N(c2ccc(N(c3ccccc3)c3ccccc3)cc2)c2ccc(N(c3ccccc3)c3ccccc3)cc2)c(C#N)c2c3c1-n1c4ccccc4c4cccc(c41)B3c1cccc3c4ccccc4n-2c13. The molecule has 2 aliphatic heterocycles. The molecule has 8 heteroatoms. The number of nitrogens with zero attached hydrogens (tertiary/aromatic N) is 7. The first-order chi connectivity index (χ1) is 37.7. The summed E-state index contributed by atoms with van der Waals surface area (Å²) in [5, 5.41) is 16.7. The van der Waals surface area contributed by atoms with Crippen LogP contribution in [0.2, 0.25) is 0 Å². The molecule has 0 N–H and O–H groups in total. The Morgan fingerprint density at radius 2 is 0.711 bits per heavy atom. The van der Waals surface area contributed by atoms with E-state index in [0.717, 1.165) is 117 Å². The van der Waals surface area contributed by atoms with Gasteiger partial charge in [-0.3, -0.25) is 0 Å². The highest BCUT2D eigenvalue weighted by molar-refractivity contribution is 7.00. The van der Waals surface area contributed by atoms with Crippen LogP contribution < -0.4 is 31.1 Å². The van der Waals surface area contributed by atoms with E-state index in [1.54, 1.807) is 0 Å². The quantitative estimate of drug-likeness (QED) is 0.107. The number of nitriles is 1. The Balaban J connectivity index is 1.05. The van der Waals surface area contributed by atoms with Crippen LogP contribution >= 0.6 is 0 Å². The Kier molecular flexibility index (Phi) is 9.66. The minimum absolute atomic E-state index is 0.261. The summed E-state index contributed by atoms with van der Waals surface area (Å²) >= 11 is 0. The van der Waals surface area contributed by atoms with Crippen LogP contribution in [0.15, 0.2) is 255 Å². The number of benzene rings is 11. The predicted molar refractivity (Wildman–Crippen MR) is 315 cm³/mol. The molecule has 0 saturated heterocycles. The van der Waals surface area contributed by atoms with Crippen LogP contribution in [0.5, 0.6) is 0 Å². The monoisotopic (exact) mass is 967 g/mol. The summed E-state index contributed by atoms with van der Waals surface area (Å²) in [5.74, 6) is 0. The standard InChI is InChI=1S/C68H42BN7/c1-71-63-67(57(44-70)66-62-68(63)76-61-35-17-15-29-54(61)56-31-19-33-59(65(56)76)69(62)58-32-18-30-55-53-28-14-16-34-60(53)75(66)64(55)58)74(51-40-36-49(37-41-51)72(45-20-6-2-7-21-45)46-22-8-3-9-23-46)52-42-38-50(39-43-52)73(47-24-10-4-11-25-47)48-26-12-5-13-27-48/h2-43H. The van der Waals surface area contributed by atoms with Gasteiger partial charge in [-0.25, -0.2) is 4.85 Å². The molecule has 7 nitrogen and oxygen atoms in total. The Morgan fingerprint density at radius 1 is 0.368 bits per heavy atom. The fourth-order valence-corrected chi connectivity index (χ4v) is 12.5. The van der Waals surface area contributed by atoms with Gasteiger partial charge in [0.05, 0.1) is 40.2 Å². The zero-order valence-electron chi connectivity index (χ0n) is 41.0. The lowest BCUT2D eigenvalue weighted by molar-refractivity contribution is 1.13. The second kappa shape index (κ2) is 17.0. The van der Waals surface area contributed by atoms with Crippen molar-refractivity contribution in [1.29, 1.82) is 5.26 Å². The van der Waals surface area contributed by atoms with Crippen molar-refractivity contribution < 1.29 is 0 Å². The average molecular weight is 968 g/mol. The molecule has 0 fully saturated rings. The van der Waals surface area contributed by atoms with Crippen molar-refractivity contribution in [2.75, 3.05) is 14.7 Å². The van der Waals surface area contributed by atoms with Gasteiger partial charge in [-0.15, -0.1) is 0 Å². The van der Waals surface area contributed by atoms with Crippen LogP contribution in [0.1, 0.15) is 5.56 Å². The first-order valence-electron chi connectivity index (χ1n) is 25.6. The highest BCUT2D eigenvalue weighted by Crippen LogP contribution is 2.52. The smallest absolute Gasteiger partial charge is 0.250 e. The number of anilines is 9. The third-order valence-corrected chi connectivity index (χ3v) is 15.5.